The van der Waals surface area contributed by atoms with Crippen LogP contribution < -0.4 is 4.90 Å². The molecule has 6 heteroatoms. The van der Waals surface area contributed by atoms with Gasteiger partial charge in [-0.15, -0.1) is 0 Å². The third kappa shape index (κ3) is 4.60. The van der Waals surface area contributed by atoms with Gasteiger partial charge in [0.2, 0.25) is 5.91 Å². The van der Waals surface area contributed by atoms with Gasteiger partial charge in [0, 0.05) is 53.4 Å². The van der Waals surface area contributed by atoms with E-state index in [1.807, 2.05) is 35.2 Å². The highest BCUT2D eigenvalue weighted by atomic mass is 35.5. The number of hydrogen-bond acceptors (Lipinski definition) is 2. The molecule has 0 atom stereocenters. The van der Waals surface area contributed by atoms with Crippen molar-refractivity contribution in [2.24, 2.45) is 0 Å². The Morgan fingerprint density at radius 1 is 0.920 bits per heavy atom. The van der Waals surface area contributed by atoms with Gasteiger partial charge in [0.05, 0.1) is 0 Å². The third-order valence-corrected chi connectivity index (χ3v) is 5.40. The largest absolute Gasteiger partial charge is 0.368 e. The van der Waals surface area contributed by atoms with E-state index in [0.717, 1.165) is 29.4 Å². The normalized spacial score (nSPS) is 14.7. The Morgan fingerprint density at radius 3 is 2.20 bits per heavy atom. The van der Waals surface area contributed by atoms with Crippen molar-refractivity contribution in [1.29, 1.82) is 0 Å². The first-order chi connectivity index (χ1) is 12.0. The van der Waals surface area contributed by atoms with E-state index in [2.05, 4.69) is 4.90 Å². The second-order valence-corrected chi connectivity index (χ2v) is 7.30. The number of hydrogen-bond donors (Lipinski definition) is 0. The van der Waals surface area contributed by atoms with Crippen molar-refractivity contribution >= 4 is 46.4 Å². The van der Waals surface area contributed by atoms with Crippen LogP contribution in [0.1, 0.15) is 12.0 Å². The van der Waals surface area contributed by atoms with Crippen molar-refractivity contribution in [3.8, 4) is 0 Å². The van der Waals surface area contributed by atoms with Crippen LogP contribution in [0.2, 0.25) is 15.1 Å². The topological polar surface area (TPSA) is 23.6 Å². The fraction of sp³-hybridized carbons (Fsp3) is 0.316. The van der Waals surface area contributed by atoms with Gasteiger partial charge < -0.3 is 9.80 Å². The van der Waals surface area contributed by atoms with Crippen LogP contribution in [0.3, 0.4) is 0 Å². The molecule has 1 aliphatic heterocycles. The molecule has 0 aromatic heterocycles. The van der Waals surface area contributed by atoms with Crippen molar-refractivity contribution in [2.45, 2.75) is 12.8 Å². The van der Waals surface area contributed by atoms with Crippen LogP contribution in [-0.2, 0) is 11.2 Å². The van der Waals surface area contributed by atoms with Crippen LogP contribution in [0.4, 0.5) is 5.69 Å². The standard InChI is InChI=1S/C19H19Cl3N2O/c20-14-3-1-4-15(13-14)23-9-11-24(12-10-23)19(25)8-7-16-17(21)5-2-6-18(16)22/h1-6,13H,7-12H2. The highest BCUT2D eigenvalue weighted by Gasteiger charge is 2.21. The Kier molecular flexibility index (Phi) is 6.10. The number of halogens is 3. The van der Waals surface area contributed by atoms with Crippen molar-refractivity contribution < 1.29 is 4.79 Å². The molecule has 0 saturated carbocycles. The molecule has 1 heterocycles. The summed E-state index contributed by atoms with van der Waals surface area (Å²) in [4.78, 5) is 16.7. The van der Waals surface area contributed by atoms with E-state index < -0.39 is 0 Å². The third-order valence-electron chi connectivity index (χ3n) is 4.46. The van der Waals surface area contributed by atoms with E-state index >= 15 is 0 Å². The van der Waals surface area contributed by atoms with Crippen LogP contribution in [-0.4, -0.2) is 37.0 Å². The number of carbonyl (C=O) groups is 1. The predicted molar refractivity (Wildman–Crippen MR) is 105 cm³/mol. The maximum Gasteiger partial charge on any atom is 0.223 e. The second kappa shape index (κ2) is 8.31. The van der Waals surface area contributed by atoms with Crippen LogP contribution >= 0.6 is 34.8 Å². The molecule has 1 amide bonds. The minimum atomic E-state index is 0.140. The summed E-state index contributed by atoms with van der Waals surface area (Å²) >= 11 is 18.4. The monoisotopic (exact) mass is 396 g/mol. The summed E-state index contributed by atoms with van der Waals surface area (Å²) < 4.78 is 0. The zero-order valence-electron chi connectivity index (χ0n) is 13.7. The van der Waals surface area contributed by atoms with Gasteiger partial charge in [-0.25, -0.2) is 0 Å². The molecule has 3 nitrogen and oxygen atoms in total. The van der Waals surface area contributed by atoms with Crippen LogP contribution in [0, 0.1) is 0 Å². The van der Waals surface area contributed by atoms with E-state index in [0.29, 0.717) is 36.0 Å². The first-order valence-corrected chi connectivity index (χ1v) is 9.39. The second-order valence-electron chi connectivity index (χ2n) is 6.05. The SMILES string of the molecule is O=C(CCc1c(Cl)cccc1Cl)N1CCN(c2cccc(Cl)c2)CC1. The molecule has 2 aromatic carbocycles. The van der Waals surface area contributed by atoms with E-state index in [1.54, 1.807) is 12.1 Å². The molecule has 0 radical (unpaired) electrons. The van der Waals surface area contributed by atoms with Crippen LogP contribution in [0.25, 0.3) is 0 Å². The maximum absolute atomic E-state index is 12.5. The molecule has 132 valence electrons. The van der Waals surface area contributed by atoms with E-state index in [-0.39, 0.29) is 5.91 Å². The summed E-state index contributed by atoms with van der Waals surface area (Å²) in [6, 6.07) is 13.2. The van der Waals surface area contributed by atoms with Gasteiger partial charge >= 0.3 is 0 Å². The molecule has 0 aliphatic carbocycles. The summed E-state index contributed by atoms with van der Waals surface area (Å²) in [6.45, 7) is 3.03. The number of piperazine rings is 1. The van der Waals surface area contributed by atoms with E-state index in [4.69, 9.17) is 34.8 Å². The minimum absolute atomic E-state index is 0.140. The Hall–Kier alpha value is -1.42. The fourth-order valence-corrected chi connectivity index (χ4v) is 3.82. The number of anilines is 1. The molecule has 0 bridgehead atoms. The molecule has 0 spiro atoms. The highest BCUT2D eigenvalue weighted by Crippen LogP contribution is 2.26. The molecule has 1 fully saturated rings. The molecule has 1 saturated heterocycles. The molecule has 0 N–H and O–H groups in total. The number of carbonyl (C=O) groups excluding carboxylic acids is 1. The number of nitrogens with zero attached hydrogens (tertiary/aromatic N) is 2. The van der Waals surface area contributed by atoms with Crippen molar-refractivity contribution in [2.75, 3.05) is 31.1 Å². The average Bonchev–Trinajstić information content (AvgIpc) is 2.61. The Bertz CT molecular complexity index is 738. The van der Waals surface area contributed by atoms with Gasteiger partial charge in [-0.3, -0.25) is 4.79 Å². The number of benzene rings is 2. The van der Waals surface area contributed by atoms with Gasteiger partial charge in [0.15, 0.2) is 0 Å². The molecular formula is C19H19Cl3N2O. The fourth-order valence-electron chi connectivity index (χ4n) is 3.05. The average molecular weight is 398 g/mol. The zero-order chi connectivity index (χ0) is 17.8. The lowest BCUT2D eigenvalue weighted by Gasteiger charge is -2.36. The minimum Gasteiger partial charge on any atom is -0.368 e. The molecule has 3 rings (SSSR count). The lowest BCUT2D eigenvalue weighted by Crippen LogP contribution is -2.48. The van der Waals surface area contributed by atoms with Gasteiger partial charge in [0.1, 0.15) is 0 Å². The van der Waals surface area contributed by atoms with Crippen molar-refractivity contribution in [3.63, 3.8) is 0 Å². The van der Waals surface area contributed by atoms with Gasteiger partial charge in [-0.05, 0) is 42.3 Å². The summed E-state index contributed by atoms with van der Waals surface area (Å²) in [6.07, 6.45) is 0.979. The summed E-state index contributed by atoms with van der Waals surface area (Å²) in [7, 11) is 0. The van der Waals surface area contributed by atoms with E-state index in [9.17, 15) is 4.79 Å². The quantitative estimate of drug-likeness (QED) is 0.730. The van der Waals surface area contributed by atoms with Crippen molar-refractivity contribution in [3.05, 3.63) is 63.1 Å². The summed E-state index contributed by atoms with van der Waals surface area (Å²) in [5.41, 5.74) is 1.94. The Morgan fingerprint density at radius 2 is 1.56 bits per heavy atom. The lowest BCUT2D eigenvalue weighted by molar-refractivity contribution is -0.131. The molecule has 0 unspecified atom stereocenters. The van der Waals surface area contributed by atoms with Crippen LogP contribution in [0.15, 0.2) is 42.5 Å². The smallest absolute Gasteiger partial charge is 0.223 e. The van der Waals surface area contributed by atoms with Gasteiger partial charge in [-0.2, -0.15) is 0 Å². The van der Waals surface area contributed by atoms with Gasteiger partial charge in [-0.1, -0.05) is 46.9 Å². The van der Waals surface area contributed by atoms with Crippen LogP contribution in [0.5, 0.6) is 0 Å². The predicted octanol–water partition coefficient (Wildman–Crippen LogP) is 4.93. The highest BCUT2D eigenvalue weighted by molar-refractivity contribution is 6.36. The van der Waals surface area contributed by atoms with Gasteiger partial charge in [0.25, 0.3) is 0 Å². The first-order valence-electron chi connectivity index (χ1n) is 8.26. The number of rotatable bonds is 4. The summed E-state index contributed by atoms with van der Waals surface area (Å²) in [5, 5.41) is 1.96. The van der Waals surface area contributed by atoms with E-state index in [1.165, 1.54) is 0 Å². The summed E-state index contributed by atoms with van der Waals surface area (Å²) in [5.74, 6) is 0.140. The zero-order valence-corrected chi connectivity index (χ0v) is 16.0. The molecular weight excluding hydrogens is 379 g/mol. The van der Waals surface area contributed by atoms with Crippen molar-refractivity contribution in [1.82, 2.24) is 4.90 Å². The lowest BCUT2D eigenvalue weighted by atomic mass is 10.1. The first kappa shape index (κ1) is 18.4. The molecule has 25 heavy (non-hydrogen) atoms. The molecule has 1 aliphatic rings. The Balaban J connectivity index is 1.53. The Labute approximate surface area is 163 Å². The molecule has 2 aromatic rings. The number of amides is 1. The maximum atomic E-state index is 12.5.